The molecule has 0 spiro atoms. The van der Waals surface area contributed by atoms with E-state index in [-0.39, 0.29) is 11.8 Å². The van der Waals surface area contributed by atoms with Gasteiger partial charge in [-0.2, -0.15) is 0 Å². The average Bonchev–Trinajstić information content (AvgIpc) is 2.45. The molecule has 0 saturated carbocycles. The van der Waals surface area contributed by atoms with Crippen LogP contribution in [0.2, 0.25) is 0 Å². The van der Waals surface area contributed by atoms with Crippen LogP contribution in [-0.4, -0.2) is 11.9 Å². The van der Waals surface area contributed by atoms with Crippen molar-refractivity contribution < 1.29 is 4.79 Å². The lowest BCUT2D eigenvalue weighted by atomic mass is 9.92. The van der Waals surface area contributed by atoms with Crippen molar-refractivity contribution in [1.82, 2.24) is 0 Å². The van der Waals surface area contributed by atoms with Gasteiger partial charge < -0.3 is 11.1 Å². The van der Waals surface area contributed by atoms with Crippen LogP contribution < -0.4 is 11.1 Å². The highest BCUT2D eigenvalue weighted by molar-refractivity contribution is 5.96. The molecule has 0 aliphatic heterocycles. The van der Waals surface area contributed by atoms with E-state index >= 15 is 0 Å². The van der Waals surface area contributed by atoms with Crippen LogP contribution in [0.5, 0.6) is 0 Å². The number of carbonyl (C=O) groups is 1. The lowest BCUT2D eigenvalue weighted by Crippen LogP contribution is -2.41. The second-order valence-corrected chi connectivity index (χ2v) is 6.52. The average molecular weight is 290 g/mol. The van der Waals surface area contributed by atoms with E-state index < -0.39 is 6.04 Å². The van der Waals surface area contributed by atoms with Gasteiger partial charge in [-0.3, -0.25) is 4.79 Å². The van der Waals surface area contributed by atoms with Gasteiger partial charge in [0.25, 0.3) is 0 Å². The minimum Gasteiger partial charge on any atom is -0.324 e. The number of benzene rings is 1. The summed E-state index contributed by atoms with van der Waals surface area (Å²) in [6.45, 7) is 12.6. The van der Waals surface area contributed by atoms with E-state index in [1.165, 1.54) is 11.1 Å². The van der Waals surface area contributed by atoms with Crippen LogP contribution in [0.25, 0.3) is 0 Å². The third-order valence-electron chi connectivity index (χ3n) is 4.18. The molecule has 0 heterocycles. The smallest absolute Gasteiger partial charge is 0.241 e. The zero-order valence-corrected chi connectivity index (χ0v) is 14.2. The third-order valence-corrected chi connectivity index (χ3v) is 4.18. The fraction of sp³-hybridized carbons (Fsp3) is 0.611. The maximum Gasteiger partial charge on any atom is 0.241 e. The Hall–Kier alpha value is -1.35. The van der Waals surface area contributed by atoms with E-state index in [9.17, 15) is 4.79 Å². The van der Waals surface area contributed by atoms with Crippen LogP contribution in [0.4, 0.5) is 5.69 Å². The first kappa shape index (κ1) is 17.7. The normalized spacial score (nSPS) is 14.3. The van der Waals surface area contributed by atoms with Gasteiger partial charge in [0.2, 0.25) is 5.91 Å². The van der Waals surface area contributed by atoms with Crippen molar-refractivity contribution >= 4 is 11.6 Å². The first-order valence-corrected chi connectivity index (χ1v) is 7.98. The van der Waals surface area contributed by atoms with Crippen LogP contribution in [0, 0.1) is 5.92 Å². The molecule has 1 unspecified atom stereocenters. The maximum absolute atomic E-state index is 12.4. The Bertz CT molecular complexity index is 454. The summed E-state index contributed by atoms with van der Waals surface area (Å²) in [6.07, 6.45) is 0.900. The number of nitrogens with one attached hydrogen (secondary N) is 1. The number of amides is 1. The van der Waals surface area contributed by atoms with Gasteiger partial charge in [-0.25, -0.2) is 0 Å². The molecule has 0 aromatic heterocycles. The van der Waals surface area contributed by atoms with Gasteiger partial charge in [0.1, 0.15) is 0 Å². The SMILES string of the molecule is CCC(C)[C@H](N)C(=O)Nc1c(C(C)C)cccc1C(C)C. The van der Waals surface area contributed by atoms with E-state index in [0.717, 1.165) is 12.1 Å². The molecule has 1 aromatic carbocycles. The third kappa shape index (κ3) is 4.31. The van der Waals surface area contributed by atoms with Gasteiger partial charge in [-0.05, 0) is 28.9 Å². The van der Waals surface area contributed by atoms with Crippen molar-refractivity contribution in [3.05, 3.63) is 29.3 Å². The van der Waals surface area contributed by atoms with E-state index in [1.807, 2.05) is 6.92 Å². The number of para-hydroxylation sites is 1. The molecule has 21 heavy (non-hydrogen) atoms. The van der Waals surface area contributed by atoms with Gasteiger partial charge in [0, 0.05) is 5.69 Å². The molecule has 3 N–H and O–H groups in total. The Kier molecular flexibility index (Phi) is 6.41. The number of hydrogen-bond acceptors (Lipinski definition) is 2. The van der Waals surface area contributed by atoms with Crippen LogP contribution in [0.15, 0.2) is 18.2 Å². The van der Waals surface area contributed by atoms with Gasteiger partial charge in [0.05, 0.1) is 6.04 Å². The van der Waals surface area contributed by atoms with Crippen LogP contribution >= 0.6 is 0 Å². The number of rotatable bonds is 6. The van der Waals surface area contributed by atoms with Crippen LogP contribution in [0.3, 0.4) is 0 Å². The quantitative estimate of drug-likeness (QED) is 0.823. The molecule has 1 aromatic rings. The Morgan fingerprint density at radius 1 is 1.10 bits per heavy atom. The zero-order chi connectivity index (χ0) is 16.2. The molecule has 1 amide bonds. The van der Waals surface area contributed by atoms with Crippen molar-refractivity contribution in [3.8, 4) is 0 Å². The van der Waals surface area contributed by atoms with Gasteiger partial charge >= 0.3 is 0 Å². The number of hydrogen-bond donors (Lipinski definition) is 2. The van der Waals surface area contributed by atoms with Crippen molar-refractivity contribution in [3.63, 3.8) is 0 Å². The molecule has 0 saturated heterocycles. The van der Waals surface area contributed by atoms with Gasteiger partial charge in [-0.1, -0.05) is 66.2 Å². The minimum absolute atomic E-state index is 0.0839. The predicted molar refractivity (Wildman–Crippen MR) is 90.7 cm³/mol. The largest absolute Gasteiger partial charge is 0.324 e. The first-order chi connectivity index (χ1) is 9.79. The van der Waals surface area contributed by atoms with Crippen molar-refractivity contribution in [2.45, 2.75) is 65.8 Å². The molecule has 3 heteroatoms. The summed E-state index contributed by atoms with van der Waals surface area (Å²) in [5.41, 5.74) is 9.35. The highest BCUT2D eigenvalue weighted by Gasteiger charge is 2.22. The van der Waals surface area contributed by atoms with Crippen LogP contribution in [0.1, 0.15) is 70.9 Å². The zero-order valence-electron chi connectivity index (χ0n) is 14.2. The van der Waals surface area contributed by atoms with E-state index in [2.05, 4.69) is 58.1 Å². The monoisotopic (exact) mass is 290 g/mol. The standard InChI is InChI=1S/C18H30N2O/c1-7-13(6)16(19)18(21)20-17-14(11(2)3)9-8-10-15(17)12(4)5/h8-13,16H,7,19H2,1-6H3,(H,20,21)/t13?,16-/m0/s1. The molecule has 0 aliphatic rings. The second kappa shape index (κ2) is 7.60. The summed E-state index contributed by atoms with van der Waals surface area (Å²) >= 11 is 0. The lowest BCUT2D eigenvalue weighted by molar-refractivity contribution is -0.118. The maximum atomic E-state index is 12.4. The Morgan fingerprint density at radius 2 is 1.57 bits per heavy atom. The van der Waals surface area contributed by atoms with Crippen LogP contribution in [-0.2, 0) is 4.79 Å². The molecule has 0 aliphatic carbocycles. The van der Waals surface area contributed by atoms with Gasteiger partial charge in [0.15, 0.2) is 0 Å². The molecule has 0 fully saturated rings. The van der Waals surface area contributed by atoms with Gasteiger partial charge in [-0.15, -0.1) is 0 Å². The molecule has 2 atom stereocenters. The molecule has 118 valence electrons. The highest BCUT2D eigenvalue weighted by atomic mass is 16.2. The summed E-state index contributed by atoms with van der Waals surface area (Å²) in [7, 11) is 0. The number of carbonyl (C=O) groups excluding carboxylic acids is 1. The molecular formula is C18H30N2O. The number of nitrogens with two attached hydrogens (primary N) is 1. The Labute approximate surface area is 129 Å². The van der Waals surface area contributed by atoms with E-state index in [1.54, 1.807) is 0 Å². The molecular weight excluding hydrogens is 260 g/mol. The summed E-state index contributed by atoms with van der Waals surface area (Å²) in [5.74, 6) is 0.815. The molecule has 0 bridgehead atoms. The first-order valence-electron chi connectivity index (χ1n) is 7.98. The fourth-order valence-electron chi connectivity index (χ4n) is 2.41. The van der Waals surface area contributed by atoms with Crippen molar-refractivity contribution in [1.29, 1.82) is 0 Å². The predicted octanol–water partition coefficient (Wildman–Crippen LogP) is 4.25. The highest BCUT2D eigenvalue weighted by Crippen LogP contribution is 2.32. The van der Waals surface area contributed by atoms with Crippen molar-refractivity contribution in [2.75, 3.05) is 5.32 Å². The Morgan fingerprint density at radius 3 is 1.95 bits per heavy atom. The topological polar surface area (TPSA) is 55.1 Å². The Balaban J connectivity index is 3.13. The minimum atomic E-state index is -0.463. The molecule has 0 radical (unpaired) electrons. The van der Waals surface area contributed by atoms with Crippen molar-refractivity contribution in [2.24, 2.45) is 11.7 Å². The summed E-state index contributed by atoms with van der Waals surface area (Å²) in [6, 6.07) is 5.77. The molecule has 3 nitrogen and oxygen atoms in total. The lowest BCUT2D eigenvalue weighted by Gasteiger charge is -2.23. The van der Waals surface area contributed by atoms with E-state index in [4.69, 9.17) is 5.73 Å². The fourth-order valence-corrected chi connectivity index (χ4v) is 2.41. The second-order valence-electron chi connectivity index (χ2n) is 6.52. The molecule has 1 rings (SSSR count). The summed E-state index contributed by atoms with van der Waals surface area (Å²) in [5, 5.41) is 3.09. The number of anilines is 1. The summed E-state index contributed by atoms with van der Waals surface area (Å²) < 4.78 is 0. The summed E-state index contributed by atoms with van der Waals surface area (Å²) in [4.78, 5) is 12.4. The van der Waals surface area contributed by atoms with E-state index in [0.29, 0.717) is 11.8 Å².